The molecule has 2 aromatic rings. The lowest BCUT2D eigenvalue weighted by Crippen LogP contribution is -2.43. The van der Waals surface area contributed by atoms with Crippen molar-refractivity contribution in [1.82, 2.24) is 25.4 Å². The van der Waals surface area contributed by atoms with E-state index in [0.717, 1.165) is 49.7 Å². The van der Waals surface area contributed by atoms with Crippen LogP contribution in [0.4, 0.5) is 4.39 Å². The van der Waals surface area contributed by atoms with Crippen LogP contribution in [0.3, 0.4) is 0 Å². The molecule has 0 spiro atoms. The van der Waals surface area contributed by atoms with E-state index < -0.39 is 0 Å². The highest BCUT2D eigenvalue weighted by molar-refractivity contribution is 5.80. The van der Waals surface area contributed by atoms with Gasteiger partial charge in [-0.3, -0.25) is 4.99 Å². The Morgan fingerprint density at radius 3 is 2.73 bits per heavy atom. The van der Waals surface area contributed by atoms with Crippen molar-refractivity contribution in [2.75, 3.05) is 13.1 Å². The molecule has 142 valence electrons. The molecular formula is C19H29FN6. The van der Waals surface area contributed by atoms with Gasteiger partial charge in [0.1, 0.15) is 18.0 Å². The predicted octanol–water partition coefficient (Wildman–Crippen LogP) is 2.56. The van der Waals surface area contributed by atoms with E-state index in [9.17, 15) is 4.39 Å². The van der Waals surface area contributed by atoms with E-state index in [1.54, 1.807) is 18.5 Å². The van der Waals surface area contributed by atoms with Gasteiger partial charge < -0.3 is 15.2 Å². The lowest BCUT2D eigenvalue weighted by atomic mass is 10.1. The quantitative estimate of drug-likeness (QED) is 0.533. The summed E-state index contributed by atoms with van der Waals surface area (Å²) in [6.07, 6.45) is 4.42. The Labute approximate surface area is 154 Å². The summed E-state index contributed by atoms with van der Waals surface area (Å²) in [5.41, 5.74) is 1.08. The lowest BCUT2D eigenvalue weighted by molar-refractivity contribution is 0.599. The number of aryl methyl sites for hydroxylation is 1. The maximum atomic E-state index is 13.0. The van der Waals surface area contributed by atoms with Crippen molar-refractivity contribution in [3.8, 4) is 0 Å². The van der Waals surface area contributed by atoms with Gasteiger partial charge in [-0.25, -0.2) is 4.39 Å². The van der Waals surface area contributed by atoms with E-state index in [0.29, 0.717) is 12.6 Å². The van der Waals surface area contributed by atoms with Gasteiger partial charge in [-0.05, 0) is 37.5 Å². The van der Waals surface area contributed by atoms with E-state index in [2.05, 4.69) is 46.6 Å². The molecule has 1 aromatic heterocycles. The van der Waals surface area contributed by atoms with Crippen LogP contribution in [-0.2, 0) is 19.4 Å². The van der Waals surface area contributed by atoms with Crippen molar-refractivity contribution in [3.63, 3.8) is 0 Å². The first-order chi connectivity index (χ1) is 12.6. The van der Waals surface area contributed by atoms with Gasteiger partial charge in [0.2, 0.25) is 0 Å². The molecule has 1 heterocycles. The number of nitrogens with zero attached hydrogens (tertiary/aromatic N) is 4. The fourth-order valence-corrected chi connectivity index (χ4v) is 2.47. The molecule has 0 saturated carbocycles. The number of benzene rings is 1. The van der Waals surface area contributed by atoms with Crippen LogP contribution < -0.4 is 10.6 Å². The zero-order valence-electron chi connectivity index (χ0n) is 15.9. The van der Waals surface area contributed by atoms with Gasteiger partial charge >= 0.3 is 0 Å². The topological polar surface area (TPSA) is 67.1 Å². The largest absolute Gasteiger partial charge is 0.355 e. The smallest absolute Gasteiger partial charge is 0.191 e. The van der Waals surface area contributed by atoms with Gasteiger partial charge in [-0.2, -0.15) is 0 Å². The predicted molar refractivity (Wildman–Crippen MR) is 103 cm³/mol. The molecule has 2 N–H and O–H groups in total. The van der Waals surface area contributed by atoms with E-state index in [4.69, 9.17) is 0 Å². The summed E-state index contributed by atoms with van der Waals surface area (Å²) in [5.74, 6) is 1.57. The number of guanidine groups is 1. The Morgan fingerprint density at radius 2 is 2.04 bits per heavy atom. The number of nitrogens with one attached hydrogen (secondary N) is 2. The van der Waals surface area contributed by atoms with Gasteiger partial charge in [0.25, 0.3) is 0 Å². The highest BCUT2D eigenvalue weighted by Gasteiger charge is 2.05. The fourth-order valence-electron chi connectivity index (χ4n) is 2.47. The van der Waals surface area contributed by atoms with Gasteiger partial charge in [-0.15, -0.1) is 10.2 Å². The molecule has 0 saturated heterocycles. The van der Waals surface area contributed by atoms with E-state index in [1.807, 2.05) is 4.57 Å². The van der Waals surface area contributed by atoms with Crippen LogP contribution in [0.25, 0.3) is 0 Å². The first-order valence-corrected chi connectivity index (χ1v) is 9.28. The molecule has 2 rings (SSSR count). The van der Waals surface area contributed by atoms with Crippen molar-refractivity contribution >= 4 is 5.96 Å². The third kappa shape index (κ3) is 6.46. The van der Waals surface area contributed by atoms with Crippen LogP contribution in [0, 0.1) is 5.82 Å². The standard InChI is InChI=1S/C19H29FN6/c1-4-15(3)24-19(21-11-10-16-6-8-17(20)9-7-16)22-12-13-26-14-23-25-18(26)5-2/h6-9,14-15H,4-5,10-13H2,1-3H3,(H2,21,22,24). The summed E-state index contributed by atoms with van der Waals surface area (Å²) >= 11 is 0. The Balaban J connectivity index is 1.88. The second-order valence-corrected chi connectivity index (χ2v) is 6.28. The Kier molecular flexibility index (Phi) is 8.05. The molecule has 26 heavy (non-hydrogen) atoms. The molecule has 0 aliphatic heterocycles. The zero-order chi connectivity index (χ0) is 18.8. The van der Waals surface area contributed by atoms with Gasteiger partial charge in [0.05, 0.1) is 0 Å². The zero-order valence-corrected chi connectivity index (χ0v) is 15.9. The molecule has 0 amide bonds. The van der Waals surface area contributed by atoms with Crippen molar-refractivity contribution in [2.24, 2.45) is 4.99 Å². The first kappa shape index (κ1) is 19.9. The average Bonchev–Trinajstić information content (AvgIpc) is 3.10. The van der Waals surface area contributed by atoms with E-state index in [1.165, 1.54) is 12.1 Å². The van der Waals surface area contributed by atoms with Gasteiger partial charge in [0, 0.05) is 32.1 Å². The van der Waals surface area contributed by atoms with Crippen molar-refractivity contribution in [2.45, 2.75) is 52.6 Å². The molecule has 6 nitrogen and oxygen atoms in total. The SMILES string of the molecule is CCc1nncn1CCNC(=NCCc1ccc(F)cc1)NC(C)CC. The van der Waals surface area contributed by atoms with Crippen molar-refractivity contribution in [3.05, 3.63) is 47.8 Å². The van der Waals surface area contributed by atoms with Crippen LogP contribution in [0.2, 0.25) is 0 Å². The first-order valence-electron chi connectivity index (χ1n) is 9.28. The Morgan fingerprint density at radius 1 is 1.27 bits per heavy atom. The maximum absolute atomic E-state index is 13.0. The summed E-state index contributed by atoms with van der Waals surface area (Å²) < 4.78 is 15.0. The van der Waals surface area contributed by atoms with Crippen LogP contribution >= 0.6 is 0 Å². The normalized spacial score (nSPS) is 12.8. The van der Waals surface area contributed by atoms with Crippen molar-refractivity contribution in [1.29, 1.82) is 0 Å². The minimum absolute atomic E-state index is 0.210. The summed E-state index contributed by atoms with van der Waals surface area (Å²) in [4.78, 5) is 4.65. The number of hydrogen-bond acceptors (Lipinski definition) is 3. The van der Waals surface area contributed by atoms with E-state index >= 15 is 0 Å². The molecule has 0 fully saturated rings. The fraction of sp³-hybridized carbons (Fsp3) is 0.526. The number of aromatic nitrogens is 3. The molecule has 0 aliphatic rings. The molecule has 1 unspecified atom stereocenters. The minimum atomic E-state index is -0.210. The van der Waals surface area contributed by atoms with E-state index in [-0.39, 0.29) is 5.82 Å². The van der Waals surface area contributed by atoms with Gasteiger partial charge in [0.15, 0.2) is 5.96 Å². The number of aliphatic imine (C=N–C) groups is 1. The maximum Gasteiger partial charge on any atom is 0.191 e. The Bertz CT molecular complexity index is 680. The molecule has 0 radical (unpaired) electrons. The Hall–Kier alpha value is -2.44. The lowest BCUT2D eigenvalue weighted by Gasteiger charge is -2.17. The number of hydrogen-bond donors (Lipinski definition) is 2. The van der Waals surface area contributed by atoms with Crippen molar-refractivity contribution < 1.29 is 4.39 Å². The van der Waals surface area contributed by atoms with Gasteiger partial charge in [-0.1, -0.05) is 26.0 Å². The highest BCUT2D eigenvalue weighted by atomic mass is 19.1. The number of rotatable bonds is 9. The summed E-state index contributed by atoms with van der Waals surface area (Å²) in [6.45, 7) is 8.51. The van der Waals surface area contributed by atoms with Crippen LogP contribution in [0.1, 0.15) is 38.6 Å². The summed E-state index contributed by atoms with van der Waals surface area (Å²) in [5, 5.41) is 14.8. The third-order valence-electron chi connectivity index (χ3n) is 4.24. The molecule has 7 heteroatoms. The van der Waals surface area contributed by atoms with Crippen LogP contribution in [0.15, 0.2) is 35.6 Å². The molecular weight excluding hydrogens is 331 g/mol. The number of halogens is 1. The molecule has 0 aliphatic carbocycles. The molecule has 1 aromatic carbocycles. The minimum Gasteiger partial charge on any atom is -0.355 e. The summed E-state index contributed by atoms with van der Waals surface area (Å²) in [7, 11) is 0. The molecule has 1 atom stereocenters. The van der Waals surface area contributed by atoms with Crippen LogP contribution in [0.5, 0.6) is 0 Å². The monoisotopic (exact) mass is 360 g/mol. The average molecular weight is 360 g/mol. The highest BCUT2D eigenvalue weighted by Crippen LogP contribution is 2.03. The summed E-state index contributed by atoms with van der Waals surface area (Å²) in [6, 6.07) is 6.92. The second kappa shape index (κ2) is 10.5. The van der Waals surface area contributed by atoms with Crippen LogP contribution in [-0.4, -0.2) is 39.9 Å². The second-order valence-electron chi connectivity index (χ2n) is 6.28. The third-order valence-corrected chi connectivity index (χ3v) is 4.24. The molecule has 0 bridgehead atoms.